The Morgan fingerprint density at radius 2 is 1.92 bits per heavy atom. The Morgan fingerprint density at radius 3 is 2.88 bits per heavy atom. The van der Waals surface area contributed by atoms with Crippen molar-refractivity contribution >= 4 is 11.0 Å². The van der Waals surface area contributed by atoms with Crippen molar-refractivity contribution in [2.75, 3.05) is 6.79 Å². The van der Waals surface area contributed by atoms with E-state index >= 15 is 0 Å². The summed E-state index contributed by atoms with van der Waals surface area (Å²) in [5.74, 6) is 1.74. The molecule has 0 atom stereocenters. The number of imidazole rings is 1. The van der Waals surface area contributed by atoms with Gasteiger partial charge in [0.25, 0.3) is 0 Å². The number of aromatic amines is 2. The number of hydrogen-bond donors (Lipinski definition) is 2. The summed E-state index contributed by atoms with van der Waals surface area (Å²) in [5.41, 5.74) is 3.73. The predicted molar refractivity (Wildman–Crippen MR) is 85.2 cm³/mol. The van der Waals surface area contributed by atoms with Gasteiger partial charge >= 0.3 is 0 Å². The number of rotatable bonds is 2. The lowest BCUT2D eigenvalue weighted by Crippen LogP contribution is -1.92. The molecule has 3 heterocycles. The van der Waals surface area contributed by atoms with E-state index in [4.69, 9.17) is 9.47 Å². The number of benzene rings is 2. The third-order valence-electron chi connectivity index (χ3n) is 3.95. The Morgan fingerprint density at radius 1 is 1.00 bits per heavy atom. The maximum Gasteiger partial charge on any atom is 0.231 e. The molecule has 24 heavy (non-hydrogen) atoms. The lowest BCUT2D eigenvalue weighted by molar-refractivity contribution is 0.174. The fourth-order valence-corrected chi connectivity index (χ4v) is 2.76. The number of nitrogens with one attached hydrogen (secondary N) is 2. The van der Waals surface area contributed by atoms with Crippen LogP contribution in [0.5, 0.6) is 11.5 Å². The van der Waals surface area contributed by atoms with Crippen LogP contribution in [0.2, 0.25) is 0 Å². The maximum absolute atomic E-state index is 13.3. The smallest absolute Gasteiger partial charge is 0.231 e. The number of nitrogens with zero attached hydrogens (tertiary/aromatic N) is 2. The Labute approximate surface area is 135 Å². The van der Waals surface area contributed by atoms with Gasteiger partial charge in [-0.3, -0.25) is 5.10 Å². The van der Waals surface area contributed by atoms with Gasteiger partial charge in [-0.05, 0) is 42.5 Å². The minimum Gasteiger partial charge on any atom is -0.454 e. The van der Waals surface area contributed by atoms with E-state index < -0.39 is 0 Å². The Bertz CT molecular complexity index is 1070. The van der Waals surface area contributed by atoms with E-state index in [1.807, 2.05) is 24.3 Å². The molecule has 0 saturated heterocycles. The van der Waals surface area contributed by atoms with E-state index in [1.54, 1.807) is 6.07 Å². The first-order valence-corrected chi connectivity index (χ1v) is 7.37. The van der Waals surface area contributed by atoms with Crippen molar-refractivity contribution in [1.82, 2.24) is 20.2 Å². The molecule has 0 fully saturated rings. The quantitative estimate of drug-likeness (QED) is 0.592. The minimum atomic E-state index is -0.302. The van der Waals surface area contributed by atoms with Crippen LogP contribution in [0, 0.1) is 5.82 Å². The zero-order valence-corrected chi connectivity index (χ0v) is 12.3. The van der Waals surface area contributed by atoms with E-state index in [0.717, 1.165) is 22.7 Å². The molecule has 0 bridgehead atoms. The second-order valence-electron chi connectivity index (χ2n) is 5.48. The summed E-state index contributed by atoms with van der Waals surface area (Å²) < 4.78 is 24.0. The molecule has 7 heteroatoms. The summed E-state index contributed by atoms with van der Waals surface area (Å²) in [6.07, 6.45) is 0. The highest BCUT2D eigenvalue weighted by atomic mass is 19.1. The molecular formula is C17H11FN4O2. The second-order valence-corrected chi connectivity index (χ2v) is 5.48. The molecule has 0 saturated carbocycles. The van der Waals surface area contributed by atoms with Crippen LogP contribution in [0.1, 0.15) is 0 Å². The fourth-order valence-electron chi connectivity index (χ4n) is 2.76. The van der Waals surface area contributed by atoms with Gasteiger partial charge in [-0.15, -0.1) is 0 Å². The van der Waals surface area contributed by atoms with Crippen LogP contribution < -0.4 is 9.47 Å². The third kappa shape index (κ3) is 2.02. The van der Waals surface area contributed by atoms with Crippen molar-refractivity contribution in [3.05, 3.63) is 48.3 Å². The summed E-state index contributed by atoms with van der Waals surface area (Å²) >= 11 is 0. The number of halogens is 1. The molecule has 2 aromatic carbocycles. The molecule has 2 aromatic heterocycles. The van der Waals surface area contributed by atoms with Gasteiger partial charge in [-0.1, -0.05) is 0 Å². The summed E-state index contributed by atoms with van der Waals surface area (Å²) in [6.45, 7) is 0.236. The molecular weight excluding hydrogens is 311 g/mol. The van der Waals surface area contributed by atoms with Gasteiger partial charge in [-0.25, -0.2) is 9.37 Å². The van der Waals surface area contributed by atoms with Crippen molar-refractivity contribution in [3.63, 3.8) is 0 Å². The number of aromatic nitrogens is 4. The van der Waals surface area contributed by atoms with Crippen LogP contribution in [0.15, 0.2) is 42.5 Å². The van der Waals surface area contributed by atoms with Crippen LogP contribution in [-0.2, 0) is 0 Å². The average Bonchev–Trinajstić information content (AvgIpc) is 3.31. The first-order valence-electron chi connectivity index (χ1n) is 7.37. The van der Waals surface area contributed by atoms with Crippen LogP contribution in [-0.4, -0.2) is 27.0 Å². The molecule has 4 aromatic rings. The monoisotopic (exact) mass is 322 g/mol. The highest BCUT2D eigenvalue weighted by molar-refractivity contribution is 5.79. The largest absolute Gasteiger partial charge is 0.454 e. The van der Waals surface area contributed by atoms with E-state index in [-0.39, 0.29) is 12.6 Å². The average molecular weight is 322 g/mol. The van der Waals surface area contributed by atoms with Gasteiger partial charge in [-0.2, -0.15) is 5.10 Å². The first kappa shape index (κ1) is 13.1. The molecule has 0 unspecified atom stereocenters. The van der Waals surface area contributed by atoms with E-state index in [9.17, 15) is 4.39 Å². The Kier molecular flexibility index (Phi) is 2.64. The van der Waals surface area contributed by atoms with Crippen LogP contribution in [0.4, 0.5) is 4.39 Å². The van der Waals surface area contributed by atoms with Crippen molar-refractivity contribution in [2.24, 2.45) is 0 Å². The van der Waals surface area contributed by atoms with Crippen LogP contribution >= 0.6 is 0 Å². The molecule has 5 rings (SSSR count). The molecule has 0 spiro atoms. The summed E-state index contributed by atoms with van der Waals surface area (Å²) in [5, 5.41) is 7.27. The van der Waals surface area contributed by atoms with Gasteiger partial charge in [0.1, 0.15) is 11.5 Å². The van der Waals surface area contributed by atoms with Crippen LogP contribution in [0.25, 0.3) is 33.8 Å². The highest BCUT2D eigenvalue weighted by Crippen LogP contribution is 2.36. The summed E-state index contributed by atoms with van der Waals surface area (Å²) in [4.78, 5) is 7.54. The molecule has 1 aliphatic heterocycles. The molecule has 6 nitrogen and oxygen atoms in total. The van der Waals surface area contributed by atoms with Gasteiger partial charge in [0.2, 0.25) is 6.79 Å². The highest BCUT2D eigenvalue weighted by Gasteiger charge is 2.16. The predicted octanol–water partition coefficient (Wildman–Crippen LogP) is 3.49. The van der Waals surface area contributed by atoms with Crippen molar-refractivity contribution < 1.29 is 13.9 Å². The minimum absolute atomic E-state index is 0.236. The van der Waals surface area contributed by atoms with Gasteiger partial charge in [0.05, 0.1) is 16.7 Å². The lowest BCUT2D eigenvalue weighted by Gasteiger charge is -1.98. The van der Waals surface area contributed by atoms with Crippen molar-refractivity contribution in [1.29, 1.82) is 0 Å². The molecule has 0 aliphatic carbocycles. The van der Waals surface area contributed by atoms with Gasteiger partial charge in [0.15, 0.2) is 17.3 Å². The second kappa shape index (κ2) is 4.82. The molecule has 2 N–H and O–H groups in total. The zero-order valence-electron chi connectivity index (χ0n) is 12.3. The normalized spacial score (nSPS) is 12.9. The molecule has 0 amide bonds. The Hall–Kier alpha value is -3.35. The SMILES string of the molecule is Fc1ccc2nc(-c3cc(-c4ccc5c(c4)OCO5)n[nH]3)[nH]c2c1. The zero-order chi connectivity index (χ0) is 16.1. The number of fused-ring (bicyclic) bond motifs is 2. The molecule has 118 valence electrons. The van der Waals surface area contributed by atoms with Crippen molar-refractivity contribution in [2.45, 2.75) is 0 Å². The lowest BCUT2D eigenvalue weighted by atomic mass is 10.1. The van der Waals surface area contributed by atoms with Crippen LogP contribution in [0.3, 0.4) is 0 Å². The van der Waals surface area contributed by atoms with E-state index in [1.165, 1.54) is 12.1 Å². The summed E-state index contributed by atoms with van der Waals surface area (Å²) in [7, 11) is 0. The molecule has 0 radical (unpaired) electrons. The van der Waals surface area contributed by atoms with Gasteiger partial charge in [0, 0.05) is 5.56 Å². The number of hydrogen-bond acceptors (Lipinski definition) is 4. The standard InChI is InChI=1S/C17H11FN4O2/c18-10-2-3-11-13(6-10)20-17(19-11)14-7-12(21-22-14)9-1-4-15-16(5-9)24-8-23-15/h1-7H,8H2,(H,19,20)(H,21,22). The third-order valence-corrected chi connectivity index (χ3v) is 3.95. The van der Waals surface area contributed by atoms with E-state index in [2.05, 4.69) is 20.2 Å². The summed E-state index contributed by atoms with van der Waals surface area (Å²) in [6, 6.07) is 12.0. The first-order chi connectivity index (χ1) is 11.8. The number of H-pyrrole nitrogens is 2. The number of ether oxygens (including phenoxy) is 2. The fraction of sp³-hybridized carbons (Fsp3) is 0.0588. The maximum atomic E-state index is 13.3. The molecule has 1 aliphatic rings. The van der Waals surface area contributed by atoms with Crippen molar-refractivity contribution in [3.8, 4) is 34.3 Å². The topological polar surface area (TPSA) is 75.8 Å². The van der Waals surface area contributed by atoms with E-state index in [0.29, 0.717) is 22.6 Å². The Balaban J connectivity index is 1.54. The van der Waals surface area contributed by atoms with Gasteiger partial charge < -0.3 is 14.5 Å².